The lowest BCUT2D eigenvalue weighted by Crippen LogP contribution is -2.60. The Balaban J connectivity index is 1.36. The number of likely N-dealkylation sites (tertiary alicyclic amines) is 1. The van der Waals surface area contributed by atoms with Crippen molar-refractivity contribution < 1.29 is 23.9 Å². The first-order chi connectivity index (χ1) is 17.0. The molecule has 3 amide bonds. The fourth-order valence-electron chi connectivity index (χ4n) is 5.26. The first-order valence-electron chi connectivity index (χ1n) is 12.2. The largest absolute Gasteiger partial charge is 0.376 e. The van der Waals surface area contributed by atoms with Crippen LogP contribution in [0.5, 0.6) is 0 Å². The molecule has 8 nitrogen and oxygen atoms in total. The van der Waals surface area contributed by atoms with Crippen molar-refractivity contribution in [2.75, 3.05) is 32.8 Å². The van der Waals surface area contributed by atoms with Crippen molar-refractivity contribution in [3.8, 4) is 0 Å². The molecule has 0 aliphatic carbocycles. The molecule has 3 fully saturated rings. The maximum atomic E-state index is 13.9. The van der Waals surface area contributed by atoms with E-state index in [9.17, 15) is 14.4 Å². The average Bonchev–Trinajstić information content (AvgIpc) is 3.64. The monoisotopic (exact) mass is 497 g/mol. The molecule has 0 radical (unpaired) electrons. The second-order valence-corrected chi connectivity index (χ2v) is 10.4. The molecule has 3 aliphatic heterocycles. The van der Waals surface area contributed by atoms with Crippen LogP contribution in [0.1, 0.15) is 51.3 Å². The molecule has 1 aromatic carbocycles. The summed E-state index contributed by atoms with van der Waals surface area (Å²) in [6.45, 7) is 4.09. The van der Waals surface area contributed by atoms with Crippen molar-refractivity contribution >= 4 is 29.1 Å². The van der Waals surface area contributed by atoms with Gasteiger partial charge in [0.2, 0.25) is 5.91 Å². The van der Waals surface area contributed by atoms with E-state index in [0.29, 0.717) is 42.9 Å². The van der Waals surface area contributed by atoms with Gasteiger partial charge in [0.15, 0.2) is 0 Å². The van der Waals surface area contributed by atoms with Crippen molar-refractivity contribution in [2.24, 2.45) is 0 Å². The highest BCUT2D eigenvalue weighted by atomic mass is 32.1. The maximum absolute atomic E-state index is 13.9. The first kappa shape index (κ1) is 24.0. The molecule has 1 spiro atoms. The maximum Gasteiger partial charge on any atom is 0.263 e. The van der Waals surface area contributed by atoms with Crippen LogP contribution in [0.15, 0.2) is 41.8 Å². The van der Waals surface area contributed by atoms with E-state index in [4.69, 9.17) is 9.47 Å². The van der Waals surface area contributed by atoms with E-state index in [0.717, 1.165) is 25.0 Å². The van der Waals surface area contributed by atoms with Gasteiger partial charge in [-0.3, -0.25) is 19.3 Å². The van der Waals surface area contributed by atoms with Crippen LogP contribution < -0.4 is 5.32 Å². The van der Waals surface area contributed by atoms with E-state index >= 15 is 0 Å². The fourth-order valence-corrected chi connectivity index (χ4v) is 5.95. The third-order valence-electron chi connectivity index (χ3n) is 7.25. The van der Waals surface area contributed by atoms with Crippen molar-refractivity contribution in [3.05, 3.63) is 57.8 Å². The van der Waals surface area contributed by atoms with Crippen molar-refractivity contribution in [1.82, 2.24) is 15.1 Å². The number of aryl methyl sites for hydroxylation is 1. The minimum absolute atomic E-state index is 0.00418. The number of amides is 3. The quantitative estimate of drug-likeness (QED) is 0.686. The molecule has 186 valence electrons. The molecule has 5 rings (SSSR count). The summed E-state index contributed by atoms with van der Waals surface area (Å²) in [6, 6.07) is 10.4. The lowest BCUT2D eigenvalue weighted by molar-refractivity contribution is -0.128. The standard InChI is InChI=1S/C26H31N3O5S/c1-18-6-2-3-8-20(18)24(31)29-21(23(30)27-16-19-7-4-14-33-19)17-34-26(29)10-12-28(13-11-26)25(32)22-9-5-15-35-22/h2-3,5-6,8-9,15,19,21H,4,7,10-14,16-17H2,1H3,(H,27,30). The number of carbonyl (C=O) groups excluding carboxylic acids is 3. The van der Waals surface area contributed by atoms with Gasteiger partial charge in [-0.1, -0.05) is 24.3 Å². The molecular weight excluding hydrogens is 466 g/mol. The van der Waals surface area contributed by atoms with Gasteiger partial charge in [0, 0.05) is 44.6 Å². The number of nitrogens with one attached hydrogen (secondary N) is 1. The van der Waals surface area contributed by atoms with Gasteiger partial charge in [-0.15, -0.1) is 11.3 Å². The van der Waals surface area contributed by atoms with E-state index < -0.39 is 11.8 Å². The Labute approximate surface area is 209 Å². The zero-order chi connectivity index (χ0) is 24.4. The normalized spacial score (nSPS) is 23.6. The zero-order valence-electron chi connectivity index (χ0n) is 19.9. The number of rotatable bonds is 5. The molecule has 2 unspecified atom stereocenters. The highest BCUT2D eigenvalue weighted by Gasteiger charge is 2.54. The molecule has 3 saturated heterocycles. The highest BCUT2D eigenvalue weighted by Crippen LogP contribution is 2.39. The molecule has 2 aromatic rings. The SMILES string of the molecule is Cc1ccccc1C(=O)N1C(C(=O)NCC2CCCO2)COC12CCN(C(=O)c1cccs1)CC2. The number of hydrogen-bond acceptors (Lipinski definition) is 6. The number of benzene rings is 1. The number of ether oxygens (including phenoxy) is 2. The Hall–Kier alpha value is -2.75. The van der Waals surface area contributed by atoms with E-state index in [-0.39, 0.29) is 30.4 Å². The van der Waals surface area contributed by atoms with Crippen LogP contribution in [0, 0.1) is 6.92 Å². The van der Waals surface area contributed by atoms with Crippen LogP contribution in [-0.4, -0.2) is 78.2 Å². The second kappa shape index (κ2) is 10.1. The summed E-state index contributed by atoms with van der Waals surface area (Å²) in [4.78, 5) is 44.2. The van der Waals surface area contributed by atoms with Crippen molar-refractivity contribution in [2.45, 2.75) is 50.5 Å². The predicted octanol–water partition coefficient (Wildman–Crippen LogP) is 2.83. The lowest BCUT2D eigenvalue weighted by atomic mass is 9.95. The van der Waals surface area contributed by atoms with Crippen LogP contribution in [0.4, 0.5) is 0 Å². The lowest BCUT2D eigenvalue weighted by Gasteiger charge is -2.44. The summed E-state index contributed by atoms with van der Waals surface area (Å²) in [5.74, 6) is -0.442. The van der Waals surface area contributed by atoms with E-state index in [1.807, 2.05) is 47.5 Å². The molecule has 1 aromatic heterocycles. The van der Waals surface area contributed by atoms with E-state index in [1.165, 1.54) is 11.3 Å². The third kappa shape index (κ3) is 4.72. The Morgan fingerprint density at radius 3 is 2.60 bits per heavy atom. The van der Waals surface area contributed by atoms with Gasteiger partial charge in [0.05, 0.1) is 17.6 Å². The van der Waals surface area contributed by atoms with Gasteiger partial charge in [-0.05, 0) is 42.8 Å². The molecule has 0 bridgehead atoms. The van der Waals surface area contributed by atoms with Crippen LogP contribution in [0.25, 0.3) is 0 Å². The molecule has 35 heavy (non-hydrogen) atoms. The minimum Gasteiger partial charge on any atom is -0.376 e. The Kier molecular flexibility index (Phi) is 6.91. The Morgan fingerprint density at radius 2 is 1.91 bits per heavy atom. The predicted molar refractivity (Wildman–Crippen MR) is 131 cm³/mol. The summed E-state index contributed by atoms with van der Waals surface area (Å²) in [5.41, 5.74) is 0.493. The van der Waals surface area contributed by atoms with Crippen molar-refractivity contribution in [1.29, 1.82) is 0 Å². The van der Waals surface area contributed by atoms with Gasteiger partial charge >= 0.3 is 0 Å². The molecule has 4 heterocycles. The number of piperidine rings is 1. The summed E-state index contributed by atoms with van der Waals surface area (Å²) in [6.07, 6.45) is 2.84. The number of hydrogen-bond donors (Lipinski definition) is 1. The Bertz CT molecular complexity index is 1070. The molecule has 2 atom stereocenters. The number of carbonyl (C=O) groups is 3. The molecule has 1 N–H and O–H groups in total. The number of nitrogens with zero attached hydrogens (tertiary/aromatic N) is 2. The molecular formula is C26H31N3O5S. The second-order valence-electron chi connectivity index (χ2n) is 9.41. The van der Waals surface area contributed by atoms with Gasteiger partial charge < -0.3 is 19.7 Å². The van der Waals surface area contributed by atoms with Gasteiger partial charge in [0.25, 0.3) is 11.8 Å². The zero-order valence-corrected chi connectivity index (χ0v) is 20.7. The van der Waals surface area contributed by atoms with Crippen LogP contribution in [0.2, 0.25) is 0 Å². The minimum atomic E-state index is -0.919. The summed E-state index contributed by atoms with van der Waals surface area (Å²) >= 11 is 1.42. The Morgan fingerprint density at radius 1 is 1.11 bits per heavy atom. The summed E-state index contributed by atoms with van der Waals surface area (Å²) in [5, 5.41) is 4.87. The molecule has 0 saturated carbocycles. The van der Waals surface area contributed by atoms with E-state index in [2.05, 4.69) is 5.32 Å². The highest BCUT2D eigenvalue weighted by molar-refractivity contribution is 7.12. The first-order valence-corrected chi connectivity index (χ1v) is 13.1. The van der Waals surface area contributed by atoms with Crippen LogP contribution >= 0.6 is 11.3 Å². The number of thiophene rings is 1. The third-order valence-corrected chi connectivity index (χ3v) is 8.11. The summed E-state index contributed by atoms with van der Waals surface area (Å²) in [7, 11) is 0. The van der Waals surface area contributed by atoms with Gasteiger partial charge in [-0.2, -0.15) is 0 Å². The molecule has 3 aliphatic rings. The average molecular weight is 498 g/mol. The molecule has 9 heteroatoms. The summed E-state index contributed by atoms with van der Waals surface area (Å²) < 4.78 is 11.9. The van der Waals surface area contributed by atoms with Gasteiger partial charge in [-0.25, -0.2) is 0 Å². The smallest absolute Gasteiger partial charge is 0.263 e. The van der Waals surface area contributed by atoms with Crippen LogP contribution in [0.3, 0.4) is 0 Å². The topological polar surface area (TPSA) is 88.2 Å². The van der Waals surface area contributed by atoms with Crippen molar-refractivity contribution in [3.63, 3.8) is 0 Å². The fraction of sp³-hybridized carbons (Fsp3) is 0.500. The van der Waals surface area contributed by atoms with Crippen LogP contribution in [-0.2, 0) is 14.3 Å². The van der Waals surface area contributed by atoms with Gasteiger partial charge in [0.1, 0.15) is 11.8 Å². The van der Waals surface area contributed by atoms with E-state index in [1.54, 1.807) is 11.0 Å².